The van der Waals surface area contributed by atoms with E-state index in [-0.39, 0.29) is 11.9 Å². The molecule has 2 aliphatic heterocycles. The van der Waals surface area contributed by atoms with Gasteiger partial charge in [0.15, 0.2) is 0 Å². The highest BCUT2D eigenvalue weighted by Gasteiger charge is 2.40. The number of urea groups is 1. The molecule has 1 aromatic rings. The topological polar surface area (TPSA) is 61.4 Å². The van der Waals surface area contributed by atoms with E-state index in [1.807, 2.05) is 4.90 Å². The van der Waals surface area contributed by atoms with Gasteiger partial charge >= 0.3 is 6.03 Å². The molecule has 4 rings (SSSR count). The molecule has 2 heterocycles. The fourth-order valence-electron chi connectivity index (χ4n) is 3.96. The van der Waals surface area contributed by atoms with Gasteiger partial charge in [-0.25, -0.2) is 4.79 Å². The molecule has 7 heteroatoms. The highest BCUT2D eigenvalue weighted by Crippen LogP contribution is 2.35. The smallest absolute Gasteiger partial charge is 0.319 e. The highest BCUT2D eigenvalue weighted by molar-refractivity contribution is 6.42. The molecule has 0 unspecified atom stereocenters. The molecule has 142 valence electrons. The van der Waals surface area contributed by atoms with E-state index in [1.54, 1.807) is 18.2 Å². The molecule has 1 aromatic carbocycles. The van der Waals surface area contributed by atoms with E-state index < -0.39 is 6.04 Å². The van der Waals surface area contributed by atoms with Crippen LogP contribution in [0.25, 0.3) is 0 Å². The van der Waals surface area contributed by atoms with Crippen molar-refractivity contribution in [2.75, 3.05) is 13.1 Å². The lowest BCUT2D eigenvalue weighted by molar-refractivity contribution is -0.125. The molecule has 0 radical (unpaired) electrons. The quantitative estimate of drug-likeness (QED) is 0.731. The number of carbonyl (C=O) groups is 2. The lowest BCUT2D eigenvalue weighted by Gasteiger charge is -2.25. The molecule has 2 N–H and O–H groups in total. The van der Waals surface area contributed by atoms with E-state index in [1.165, 1.54) is 18.4 Å². The number of hydrogen-bond donors (Lipinski definition) is 2. The Hall–Kier alpha value is -1.98. The van der Waals surface area contributed by atoms with Crippen LogP contribution in [-0.4, -0.2) is 29.9 Å². The van der Waals surface area contributed by atoms with Crippen molar-refractivity contribution in [3.05, 3.63) is 56.7 Å². The molecule has 3 amide bonds. The van der Waals surface area contributed by atoms with E-state index in [0.29, 0.717) is 34.4 Å². The average molecular weight is 406 g/mol. The molecule has 5 nitrogen and oxygen atoms in total. The Bertz CT molecular complexity index is 863. The second-order valence-corrected chi connectivity index (χ2v) is 8.00. The minimum atomic E-state index is -0.519. The van der Waals surface area contributed by atoms with E-state index in [2.05, 4.69) is 16.7 Å². The molecule has 1 aliphatic carbocycles. The van der Waals surface area contributed by atoms with Gasteiger partial charge in [0, 0.05) is 6.54 Å². The first-order valence-corrected chi connectivity index (χ1v) is 10.0. The summed E-state index contributed by atoms with van der Waals surface area (Å²) in [7, 11) is 0. The van der Waals surface area contributed by atoms with Crippen LogP contribution in [0.4, 0.5) is 4.79 Å². The third-order valence-corrected chi connectivity index (χ3v) is 6.12. The zero-order valence-corrected chi connectivity index (χ0v) is 16.4. The molecule has 0 fully saturated rings. The van der Waals surface area contributed by atoms with Crippen LogP contribution < -0.4 is 10.6 Å². The van der Waals surface area contributed by atoms with Crippen LogP contribution in [0, 0.1) is 0 Å². The first-order chi connectivity index (χ1) is 13.0. The van der Waals surface area contributed by atoms with Gasteiger partial charge in [-0.15, -0.1) is 0 Å². The lowest BCUT2D eigenvalue weighted by Crippen LogP contribution is -2.44. The van der Waals surface area contributed by atoms with Gasteiger partial charge in [-0.3, -0.25) is 4.79 Å². The fourth-order valence-corrected chi connectivity index (χ4v) is 4.27. The number of carbonyl (C=O) groups excluding carboxylic acids is 2. The zero-order valence-electron chi connectivity index (χ0n) is 14.9. The van der Waals surface area contributed by atoms with Gasteiger partial charge in [0.1, 0.15) is 0 Å². The van der Waals surface area contributed by atoms with E-state index in [0.717, 1.165) is 24.8 Å². The number of rotatable bonds is 4. The van der Waals surface area contributed by atoms with E-state index in [9.17, 15) is 9.59 Å². The predicted octanol–water partition coefficient (Wildman–Crippen LogP) is 4.33. The van der Waals surface area contributed by atoms with Crippen LogP contribution in [0.5, 0.6) is 0 Å². The van der Waals surface area contributed by atoms with Crippen molar-refractivity contribution in [2.24, 2.45) is 0 Å². The average Bonchev–Trinajstić information content (AvgIpc) is 2.98. The van der Waals surface area contributed by atoms with Crippen molar-refractivity contribution in [2.45, 2.75) is 38.1 Å². The maximum Gasteiger partial charge on any atom is 0.319 e. The molecule has 0 spiro atoms. The largest absolute Gasteiger partial charge is 0.333 e. The molecule has 0 saturated carbocycles. The van der Waals surface area contributed by atoms with Crippen molar-refractivity contribution in [1.82, 2.24) is 15.5 Å². The van der Waals surface area contributed by atoms with Gasteiger partial charge < -0.3 is 15.5 Å². The van der Waals surface area contributed by atoms with Crippen LogP contribution in [0.15, 0.2) is 41.1 Å². The molecule has 0 saturated heterocycles. The molecule has 1 atom stereocenters. The summed E-state index contributed by atoms with van der Waals surface area (Å²) in [6.45, 7) is 1.11. The van der Waals surface area contributed by atoms with Crippen molar-refractivity contribution >= 4 is 35.1 Å². The molecule has 0 bridgehead atoms. The Morgan fingerprint density at radius 2 is 2.00 bits per heavy atom. The van der Waals surface area contributed by atoms with Crippen LogP contribution in [-0.2, 0) is 4.79 Å². The van der Waals surface area contributed by atoms with Crippen molar-refractivity contribution in [3.8, 4) is 0 Å². The fraction of sp³-hybridized carbons (Fsp3) is 0.400. The first-order valence-electron chi connectivity index (χ1n) is 9.25. The van der Waals surface area contributed by atoms with Crippen molar-refractivity contribution in [3.63, 3.8) is 0 Å². The summed E-state index contributed by atoms with van der Waals surface area (Å²) in [6, 6.07) is 4.34. The minimum Gasteiger partial charge on any atom is -0.333 e. The zero-order chi connectivity index (χ0) is 19.0. The van der Waals surface area contributed by atoms with Gasteiger partial charge in [0.25, 0.3) is 5.91 Å². The number of nitrogens with one attached hydrogen (secondary N) is 2. The Morgan fingerprint density at radius 1 is 1.15 bits per heavy atom. The second-order valence-electron chi connectivity index (χ2n) is 7.18. The summed E-state index contributed by atoms with van der Waals surface area (Å²) < 4.78 is 0. The van der Waals surface area contributed by atoms with Crippen molar-refractivity contribution in [1.29, 1.82) is 0 Å². The van der Waals surface area contributed by atoms with E-state index in [4.69, 9.17) is 23.2 Å². The maximum atomic E-state index is 13.1. The molecular formula is C20H21Cl2N3O2. The Labute approximate surface area is 168 Å². The first kappa shape index (κ1) is 18.4. The normalized spacial score (nSPS) is 22.4. The predicted molar refractivity (Wildman–Crippen MR) is 106 cm³/mol. The van der Waals surface area contributed by atoms with Crippen LogP contribution >= 0.6 is 23.2 Å². The Kier molecular flexibility index (Phi) is 5.15. The van der Waals surface area contributed by atoms with E-state index >= 15 is 0 Å². The van der Waals surface area contributed by atoms with Crippen LogP contribution in [0.2, 0.25) is 10.0 Å². The Morgan fingerprint density at radius 3 is 2.74 bits per heavy atom. The standard InChI is InChI=1S/C20H21Cl2N3O2/c21-14-7-6-13(10-15(14)22)18-17-16(23-20(27)24-18)11-25(19(17)26)9-8-12-4-2-1-3-5-12/h4,6-7,10,18H,1-3,5,8-9,11H2,(H2,23,24,27)/t18-/m0/s1. The van der Waals surface area contributed by atoms with Gasteiger partial charge in [0.05, 0.1) is 33.9 Å². The number of allylic oxidation sites excluding steroid dienone is 1. The third-order valence-electron chi connectivity index (χ3n) is 5.39. The van der Waals surface area contributed by atoms with Gasteiger partial charge in [-0.05, 0) is 49.8 Å². The van der Waals surface area contributed by atoms with Crippen LogP contribution in [0.3, 0.4) is 0 Å². The summed E-state index contributed by atoms with van der Waals surface area (Å²) in [5.41, 5.74) is 3.45. The van der Waals surface area contributed by atoms with Gasteiger partial charge in [-0.2, -0.15) is 0 Å². The summed E-state index contributed by atoms with van der Waals surface area (Å²) in [6.07, 6.45) is 7.94. The summed E-state index contributed by atoms with van der Waals surface area (Å²) >= 11 is 12.1. The third kappa shape index (κ3) is 3.71. The second kappa shape index (κ2) is 7.56. The van der Waals surface area contributed by atoms with Crippen molar-refractivity contribution < 1.29 is 9.59 Å². The SMILES string of the molecule is O=C1NC2=C(C(=O)N(CCC3=CCCCC3)C2)[C@H](c2ccc(Cl)c(Cl)c2)N1. The summed E-state index contributed by atoms with van der Waals surface area (Å²) in [5.74, 6) is -0.0371. The van der Waals surface area contributed by atoms with Crippen LogP contribution in [0.1, 0.15) is 43.7 Å². The summed E-state index contributed by atoms with van der Waals surface area (Å²) in [4.78, 5) is 27.0. The lowest BCUT2D eigenvalue weighted by atomic mass is 9.96. The number of amides is 3. The highest BCUT2D eigenvalue weighted by atomic mass is 35.5. The molecule has 0 aromatic heterocycles. The molecule has 3 aliphatic rings. The monoisotopic (exact) mass is 405 g/mol. The minimum absolute atomic E-state index is 0.0371. The maximum absolute atomic E-state index is 13.1. The number of halogens is 2. The molecule has 27 heavy (non-hydrogen) atoms. The number of benzene rings is 1. The Balaban J connectivity index is 1.54. The van der Waals surface area contributed by atoms with Gasteiger partial charge in [-0.1, -0.05) is 40.9 Å². The van der Waals surface area contributed by atoms with Gasteiger partial charge in [0.2, 0.25) is 0 Å². The summed E-state index contributed by atoms with van der Waals surface area (Å²) in [5, 5.41) is 6.47. The molecular weight excluding hydrogens is 385 g/mol. The number of hydrogen-bond acceptors (Lipinski definition) is 2. The number of nitrogens with zero attached hydrogens (tertiary/aromatic N) is 1.